The number of hydrogen-bond acceptors (Lipinski definition) is 6. The van der Waals surface area contributed by atoms with Crippen molar-refractivity contribution in [3.05, 3.63) is 55.8 Å². The highest BCUT2D eigenvalue weighted by Crippen LogP contribution is 2.41. The second-order valence-corrected chi connectivity index (χ2v) is 8.49. The maximum absolute atomic E-state index is 15.6. The van der Waals surface area contributed by atoms with Crippen molar-refractivity contribution in [2.24, 2.45) is 0 Å². The highest BCUT2D eigenvalue weighted by molar-refractivity contribution is 14.1. The quantitative estimate of drug-likeness (QED) is 0.206. The molecule has 0 aliphatic heterocycles. The number of carboxylic acids is 1. The van der Waals surface area contributed by atoms with E-state index in [1.165, 1.54) is 6.20 Å². The lowest BCUT2D eigenvalue weighted by atomic mass is 10.1. The van der Waals surface area contributed by atoms with Gasteiger partial charge in [0.2, 0.25) is 5.43 Å². The number of nitrogens with one attached hydrogen (secondary N) is 2. The van der Waals surface area contributed by atoms with Gasteiger partial charge in [0.25, 0.3) is 0 Å². The topological polar surface area (TPSA) is 96.2 Å². The van der Waals surface area contributed by atoms with E-state index in [0.29, 0.717) is 22.5 Å². The Bertz CT molecular complexity index is 1200. The first-order valence-electron chi connectivity index (χ1n) is 9.31. The van der Waals surface area contributed by atoms with E-state index in [2.05, 4.69) is 28.2 Å². The minimum Gasteiger partial charge on any atom is -0.477 e. The third-order valence-corrected chi connectivity index (χ3v) is 6.85. The zero-order valence-corrected chi connectivity index (χ0v) is 18.7. The van der Waals surface area contributed by atoms with Crippen LogP contribution in [0.25, 0.3) is 10.9 Å². The van der Waals surface area contributed by atoms with Crippen molar-refractivity contribution < 1.29 is 14.3 Å². The molecule has 1 aromatic carbocycles. The van der Waals surface area contributed by atoms with E-state index in [1.54, 1.807) is 10.8 Å². The summed E-state index contributed by atoms with van der Waals surface area (Å²) in [6, 6.07) is 5.50. The smallest absolute Gasteiger partial charge is 0.341 e. The molecule has 3 N–H and O–H groups in total. The third kappa shape index (κ3) is 3.85. The molecule has 156 valence electrons. The maximum Gasteiger partial charge on any atom is 0.341 e. The van der Waals surface area contributed by atoms with Crippen LogP contribution in [-0.4, -0.2) is 33.7 Å². The summed E-state index contributed by atoms with van der Waals surface area (Å²) in [6.45, 7) is 0.906. The van der Waals surface area contributed by atoms with Gasteiger partial charge in [-0.2, -0.15) is 0 Å². The van der Waals surface area contributed by atoms with Crippen LogP contribution in [0.1, 0.15) is 29.2 Å². The standard InChI is InChI=1S/C20H18FIN4O3S/c21-14-16(25-8-7-24-12-3-1-2-6-23-12)15(22)19(30)13-17(14)26(10-4-5-10)9-11(18(13)27)20(28)29/h1-3,6,9-10,25,30H,4-5,7-8H2,(H,23,24)(H,28,29). The Morgan fingerprint density at radius 1 is 1.33 bits per heavy atom. The first-order valence-corrected chi connectivity index (χ1v) is 10.8. The van der Waals surface area contributed by atoms with Gasteiger partial charge in [0, 0.05) is 36.4 Å². The zero-order valence-electron chi connectivity index (χ0n) is 15.7. The molecular weight excluding hydrogens is 522 g/mol. The SMILES string of the molecule is O=C(O)c1cn(C2CC2)c2c(F)c(NCCNc3ccccn3)c(I)c(S)c2c1=O. The Balaban J connectivity index is 1.73. The van der Waals surface area contributed by atoms with Crippen molar-refractivity contribution in [2.45, 2.75) is 23.8 Å². The molecule has 10 heteroatoms. The first kappa shape index (κ1) is 20.9. The predicted molar refractivity (Wildman–Crippen MR) is 125 cm³/mol. The fraction of sp³-hybridized carbons (Fsp3) is 0.250. The number of pyridine rings is 2. The number of hydrogen-bond donors (Lipinski definition) is 4. The zero-order chi connectivity index (χ0) is 21.4. The highest BCUT2D eigenvalue weighted by atomic mass is 127. The molecule has 0 radical (unpaired) electrons. The van der Waals surface area contributed by atoms with Crippen molar-refractivity contribution in [2.75, 3.05) is 23.7 Å². The van der Waals surface area contributed by atoms with E-state index < -0.39 is 17.2 Å². The van der Waals surface area contributed by atoms with Crippen LogP contribution in [0, 0.1) is 9.39 Å². The summed E-state index contributed by atoms with van der Waals surface area (Å²) in [6.07, 6.45) is 4.54. The summed E-state index contributed by atoms with van der Waals surface area (Å²) in [4.78, 5) is 28.8. The van der Waals surface area contributed by atoms with E-state index in [-0.39, 0.29) is 33.1 Å². The Morgan fingerprint density at radius 3 is 2.70 bits per heavy atom. The molecule has 3 aromatic rings. The van der Waals surface area contributed by atoms with Crippen molar-refractivity contribution in [1.29, 1.82) is 0 Å². The predicted octanol–water partition coefficient (Wildman–Crippen LogP) is 3.99. The van der Waals surface area contributed by atoms with Crippen molar-refractivity contribution in [3.8, 4) is 0 Å². The molecule has 0 saturated heterocycles. The molecule has 1 fully saturated rings. The molecule has 2 aromatic heterocycles. The lowest BCUT2D eigenvalue weighted by Crippen LogP contribution is -2.22. The van der Waals surface area contributed by atoms with Crippen LogP contribution in [0.15, 0.2) is 40.3 Å². The largest absolute Gasteiger partial charge is 0.477 e. The number of benzene rings is 1. The molecule has 1 aliphatic carbocycles. The van der Waals surface area contributed by atoms with Crippen LogP contribution in [0.3, 0.4) is 0 Å². The Labute approximate surface area is 190 Å². The molecule has 2 heterocycles. The van der Waals surface area contributed by atoms with Gasteiger partial charge in [0.05, 0.1) is 20.2 Å². The van der Waals surface area contributed by atoms with Gasteiger partial charge < -0.3 is 20.3 Å². The van der Waals surface area contributed by atoms with Crippen molar-refractivity contribution in [3.63, 3.8) is 0 Å². The van der Waals surface area contributed by atoms with Gasteiger partial charge in [0.15, 0.2) is 5.82 Å². The van der Waals surface area contributed by atoms with Gasteiger partial charge in [-0.05, 0) is 47.6 Å². The highest BCUT2D eigenvalue weighted by Gasteiger charge is 2.30. The number of thiol groups is 1. The Morgan fingerprint density at radius 2 is 2.07 bits per heavy atom. The second kappa shape index (κ2) is 8.42. The number of rotatable bonds is 7. The van der Waals surface area contributed by atoms with Crippen LogP contribution < -0.4 is 16.1 Å². The van der Waals surface area contributed by atoms with Crippen molar-refractivity contribution >= 4 is 63.6 Å². The van der Waals surface area contributed by atoms with Gasteiger partial charge in [0.1, 0.15) is 11.4 Å². The average Bonchev–Trinajstić information content (AvgIpc) is 3.57. The van der Waals surface area contributed by atoms with Crippen LogP contribution in [0.4, 0.5) is 15.9 Å². The Kier molecular flexibility index (Phi) is 5.87. The third-order valence-electron chi connectivity index (χ3n) is 4.89. The van der Waals surface area contributed by atoms with E-state index in [0.717, 1.165) is 12.8 Å². The molecule has 0 bridgehead atoms. The summed E-state index contributed by atoms with van der Waals surface area (Å²) < 4.78 is 17.6. The fourth-order valence-electron chi connectivity index (χ4n) is 3.31. The van der Waals surface area contributed by atoms with E-state index >= 15 is 4.39 Å². The summed E-state index contributed by atoms with van der Waals surface area (Å²) in [5.41, 5.74) is -0.759. The second-order valence-electron chi connectivity index (χ2n) is 6.96. The van der Waals surface area contributed by atoms with Gasteiger partial charge >= 0.3 is 5.97 Å². The number of fused-ring (bicyclic) bond motifs is 1. The lowest BCUT2D eigenvalue weighted by molar-refractivity contribution is 0.0695. The lowest BCUT2D eigenvalue weighted by Gasteiger charge is -2.18. The molecule has 0 spiro atoms. The minimum atomic E-state index is -1.33. The number of carboxylic acid groups (broad SMARTS) is 1. The number of nitrogens with zero attached hydrogens (tertiary/aromatic N) is 2. The van der Waals surface area contributed by atoms with Gasteiger partial charge in [-0.25, -0.2) is 14.2 Å². The van der Waals surface area contributed by atoms with Crippen LogP contribution in [0.2, 0.25) is 0 Å². The van der Waals surface area contributed by atoms with Crippen molar-refractivity contribution in [1.82, 2.24) is 9.55 Å². The number of carbonyl (C=O) groups is 1. The van der Waals surface area contributed by atoms with E-state index in [1.807, 2.05) is 40.8 Å². The van der Waals surface area contributed by atoms with E-state index in [9.17, 15) is 14.7 Å². The minimum absolute atomic E-state index is 0.00388. The average molecular weight is 540 g/mol. The fourth-order valence-corrected chi connectivity index (χ4v) is 4.33. The van der Waals surface area contributed by atoms with E-state index in [4.69, 9.17) is 0 Å². The molecule has 1 aliphatic rings. The summed E-state index contributed by atoms with van der Waals surface area (Å²) in [5, 5.41) is 15.6. The molecular formula is C20H18FIN4O3S. The summed E-state index contributed by atoms with van der Waals surface area (Å²) in [7, 11) is 0. The molecule has 0 amide bonds. The maximum atomic E-state index is 15.6. The molecule has 4 rings (SSSR count). The normalized spacial score (nSPS) is 13.4. The van der Waals surface area contributed by atoms with Crippen LogP contribution >= 0.6 is 35.2 Å². The van der Waals surface area contributed by atoms with Crippen LogP contribution in [-0.2, 0) is 0 Å². The molecule has 0 atom stereocenters. The number of aromatic nitrogens is 2. The van der Waals surface area contributed by atoms with Gasteiger partial charge in [-0.3, -0.25) is 4.79 Å². The Hall–Kier alpha value is -2.34. The number of halogens is 2. The van der Waals surface area contributed by atoms with Crippen LogP contribution in [0.5, 0.6) is 0 Å². The molecule has 1 saturated carbocycles. The van der Waals surface area contributed by atoms with Gasteiger partial charge in [-0.15, -0.1) is 12.6 Å². The molecule has 30 heavy (non-hydrogen) atoms. The summed E-state index contributed by atoms with van der Waals surface area (Å²) in [5.74, 6) is -1.19. The first-order chi connectivity index (χ1) is 14.4. The molecule has 0 unspecified atom stereocenters. The number of anilines is 2. The van der Waals surface area contributed by atoms with Gasteiger partial charge in [-0.1, -0.05) is 6.07 Å². The summed E-state index contributed by atoms with van der Waals surface area (Å²) >= 11 is 6.38. The number of aromatic carboxylic acids is 1. The monoisotopic (exact) mass is 540 g/mol. The molecule has 7 nitrogen and oxygen atoms in total.